The zero-order valence-corrected chi connectivity index (χ0v) is 11.0. The maximum absolute atomic E-state index is 12.2. The summed E-state index contributed by atoms with van der Waals surface area (Å²) in [5.74, 6) is 1.42. The molecule has 5 unspecified atom stereocenters. The molecule has 7 atom stereocenters. The van der Waals surface area contributed by atoms with Crippen LogP contribution in [0.2, 0.25) is 0 Å². The topological polar surface area (TPSA) is 57.5 Å². The molecular formula is C14H24O3. The van der Waals surface area contributed by atoms with Gasteiger partial charge >= 0.3 is 0 Å². The highest BCUT2D eigenvalue weighted by Gasteiger charge is 2.53. The van der Waals surface area contributed by atoms with Crippen LogP contribution in [0.5, 0.6) is 0 Å². The van der Waals surface area contributed by atoms with E-state index in [0.29, 0.717) is 17.8 Å². The van der Waals surface area contributed by atoms with E-state index in [2.05, 4.69) is 13.8 Å². The van der Waals surface area contributed by atoms with E-state index < -0.39 is 6.10 Å². The van der Waals surface area contributed by atoms with Gasteiger partial charge in [0, 0.05) is 18.4 Å². The third-order valence-electron chi connectivity index (χ3n) is 5.27. The second kappa shape index (κ2) is 4.69. The van der Waals surface area contributed by atoms with E-state index in [1.165, 1.54) is 0 Å². The van der Waals surface area contributed by atoms with Gasteiger partial charge in [-0.25, -0.2) is 0 Å². The third kappa shape index (κ3) is 1.93. The van der Waals surface area contributed by atoms with E-state index in [0.717, 1.165) is 12.8 Å². The van der Waals surface area contributed by atoms with Crippen LogP contribution >= 0.6 is 0 Å². The molecule has 0 radical (unpaired) electrons. The Labute approximate surface area is 103 Å². The van der Waals surface area contributed by atoms with Crippen LogP contribution in [0.25, 0.3) is 0 Å². The zero-order valence-electron chi connectivity index (χ0n) is 11.0. The highest BCUT2D eigenvalue weighted by Crippen LogP contribution is 2.50. The summed E-state index contributed by atoms with van der Waals surface area (Å²) in [6, 6.07) is 0. The van der Waals surface area contributed by atoms with Gasteiger partial charge in [0.1, 0.15) is 5.78 Å². The molecule has 17 heavy (non-hydrogen) atoms. The molecule has 0 bridgehead atoms. The molecule has 0 saturated heterocycles. The van der Waals surface area contributed by atoms with Gasteiger partial charge in [-0.05, 0) is 36.5 Å². The first-order valence-corrected chi connectivity index (χ1v) is 6.81. The average Bonchev–Trinajstić information content (AvgIpc) is 2.50. The summed E-state index contributed by atoms with van der Waals surface area (Å²) in [7, 11) is 0. The molecule has 0 spiro atoms. The van der Waals surface area contributed by atoms with Gasteiger partial charge in [-0.15, -0.1) is 0 Å². The number of rotatable bonds is 2. The van der Waals surface area contributed by atoms with Crippen molar-refractivity contribution < 1.29 is 15.0 Å². The van der Waals surface area contributed by atoms with E-state index in [-0.39, 0.29) is 30.1 Å². The fraction of sp³-hybridized carbons (Fsp3) is 0.929. The summed E-state index contributed by atoms with van der Waals surface area (Å²) in [6.45, 7) is 6.36. The first kappa shape index (κ1) is 13.0. The minimum Gasteiger partial charge on any atom is -0.396 e. The van der Waals surface area contributed by atoms with Crippen LogP contribution in [0.1, 0.15) is 33.6 Å². The number of Topliss-reactive ketones (excluding diaryl/α,β-unsaturated/α-hetero) is 1. The zero-order chi connectivity index (χ0) is 12.7. The molecule has 0 aromatic rings. The third-order valence-corrected chi connectivity index (χ3v) is 5.27. The minimum absolute atomic E-state index is 0.0211. The second-order valence-corrected chi connectivity index (χ2v) is 6.12. The number of hydrogen-bond donors (Lipinski definition) is 2. The van der Waals surface area contributed by atoms with Crippen LogP contribution in [0, 0.1) is 35.5 Å². The van der Waals surface area contributed by atoms with E-state index in [1.807, 2.05) is 6.92 Å². The molecule has 2 aliphatic rings. The van der Waals surface area contributed by atoms with Crippen molar-refractivity contribution >= 4 is 5.78 Å². The lowest BCUT2D eigenvalue weighted by Gasteiger charge is -2.42. The van der Waals surface area contributed by atoms with Crippen molar-refractivity contribution in [2.45, 2.75) is 39.7 Å². The summed E-state index contributed by atoms with van der Waals surface area (Å²) in [4.78, 5) is 12.2. The molecule has 2 rings (SSSR count). The Bertz CT molecular complexity index is 302. The highest BCUT2D eigenvalue weighted by molar-refractivity contribution is 5.87. The first-order chi connectivity index (χ1) is 7.99. The quantitative estimate of drug-likeness (QED) is 0.768. The van der Waals surface area contributed by atoms with Gasteiger partial charge in [0.05, 0.1) is 6.10 Å². The number of carbonyl (C=O) groups excluding carboxylic acids is 1. The molecule has 0 heterocycles. The molecule has 0 aliphatic heterocycles. The lowest BCUT2D eigenvalue weighted by atomic mass is 9.62. The van der Waals surface area contributed by atoms with Gasteiger partial charge in [-0.1, -0.05) is 20.8 Å². The predicted octanol–water partition coefficient (Wildman–Crippen LogP) is 1.47. The second-order valence-electron chi connectivity index (χ2n) is 6.12. The van der Waals surface area contributed by atoms with Crippen LogP contribution in [0.4, 0.5) is 0 Å². The lowest BCUT2D eigenvalue weighted by molar-refractivity contribution is -0.127. The van der Waals surface area contributed by atoms with Crippen molar-refractivity contribution in [2.24, 2.45) is 35.5 Å². The number of fused-ring (bicyclic) bond motifs is 1. The van der Waals surface area contributed by atoms with Crippen LogP contribution in [0.3, 0.4) is 0 Å². The molecule has 3 heteroatoms. The van der Waals surface area contributed by atoms with Gasteiger partial charge < -0.3 is 10.2 Å². The van der Waals surface area contributed by atoms with Crippen molar-refractivity contribution in [3.05, 3.63) is 0 Å². The van der Waals surface area contributed by atoms with Crippen molar-refractivity contribution in [1.82, 2.24) is 0 Å². The first-order valence-electron chi connectivity index (χ1n) is 6.81. The van der Waals surface area contributed by atoms with Gasteiger partial charge in [-0.3, -0.25) is 4.79 Å². The fourth-order valence-electron chi connectivity index (χ4n) is 4.29. The molecule has 2 aliphatic carbocycles. The van der Waals surface area contributed by atoms with E-state index in [4.69, 9.17) is 5.11 Å². The Morgan fingerprint density at radius 2 is 1.94 bits per heavy atom. The van der Waals surface area contributed by atoms with E-state index in [9.17, 15) is 9.90 Å². The molecule has 3 nitrogen and oxygen atoms in total. The van der Waals surface area contributed by atoms with Crippen molar-refractivity contribution in [3.8, 4) is 0 Å². The number of hydrogen-bond acceptors (Lipinski definition) is 3. The van der Waals surface area contributed by atoms with Gasteiger partial charge in [0.15, 0.2) is 0 Å². The van der Waals surface area contributed by atoms with Crippen molar-refractivity contribution in [1.29, 1.82) is 0 Å². The van der Waals surface area contributed by atoms with Crippen molar-refractivity contribution in [2.75, 3.05) is 6.61 Å². The normalized spacial score (nSPS) is 50.4. The number of aliphatic hydroxyl groups excluding tert-OH is 2. The van der Waals surface area contributed by atoms with Gasteiger partial charge in [-0.2, -0.15) is 0 Å². The number of carbonyl (C=O) groups is 1. The van der Waals surface area contributed by atoms with Crippen LogP contribution in [-0.4, -0.2) is 28.7 Å². The van der Waals surface area contributed by atoms with E-state index >= 15 is 0 Å². The SMILES string of the molecule is CC1CC2C(C(=O)[C@H](C)[C@@H]2O)C(C)C1CCO. The maximum atomic E-state index is 12.2. The smallest absolute Gasteiger partial charge is 0.142 e. The summed E-state index contributed by atoms with van der Waals surface area (Å²) >= 11 is 0. The molecule has 2 saturated carbocycles. The average molecular weight is 240 g/mol. The highest BCUT2D eigenvalue weighted by atomic mass is 16.3. The summed E-state index contributed by atoms with van der Waals surface area (Å²) < 4.78 is 0. The monoisotopic (exact) mass is 240 g/mol. The summed E-state index contributed by atoms with van der Waals surface area (Å²) in [5.41, 5.74) is 0. The number of aliphatic hydroxyl groups is 2. The maximum Gasteiger partial charge on any atom is 0.142 e. The Morgan fingerprint density at radius 3 is 2.53 bits per heavy atom. The Hall–Kier alpha value is -0.410. The molecule has 2 N–H and O–H groups in total. The Balaban J connectivity index is 2.22. The summed E-state index contributed by atoms with van der Waals surface area (Å²) in [6.07, 6.45) is 1.26. The van der Waals surface area contributed by atoms with Crippen molar-refractivity contribution in [3.63, 3.8) is 0 Å². The van der Waals surface area contributed by atoms with Crippen LogP contribution < -0.4 is 0 Å². The molecule has 2 fully saturated rings. The van der Waals surface area contributed by atoms with E-state index in [1.54, 1.807) is 0 Å². The van der Waals surface area contributed by atoms with Gasteiger partial charge in [0.2, 0.25) is 0 Å². The van der Waals surface area contributed by atoms with Crippen LogP contribution in [-0.2, 0) is 4.79 Å². The standard InChI is InChI=1S/C14H24O3/c1-7-6-11-12(8(2)10(7)4-5-15)14(17)9(3)13(11)16/h7-13,15-16H,4-6H2,1-3H3/t7?,8?,9-,10?,11?,12?,13+/m1/s1. The molecule has 98 valence electrons. The largest absolute Gasteiger partial charge is 0.396 e. The molecule has 0 aromatic carbocycles. The Morgan fingerprint density at radius 1 is 1.29 bits per heavy atom. The molecular weight excluding hydrogens is 216 g/mol. The molecule has 0 amide bonds. The lowest BCUT2D eigenvalue weighted by Crippen LogP contribution is -2.40. The molecule has 0 aromatic heterocycles. The fourth-order valence-corrected chi connectivity index (χ4v) is 4.29. The Kier molecular flexibility index (Phi) is 3.60. The van der Waals surface area contributed by atoms with Gasteiger partial charge in [0.25, 0.3) is 0 Å². The summed E-state index contributed by atoms with van der Waals surface area (Å²) in [5, 5.41) is 19.3. The predicted molar refractivity (Wildman–Crippen MR) is 65.3 cm³/mol. The minimum atomic E-state index is -0.451. The number of ketones is 1. The van der Waals surface area contributed by atoms with Crippen LogP contribution in [0.15, 0.2) is 0 Å².